The van der Waals surface area contributed by atoms with E-state index in [2.05, 4.69) is 15.9 Å². The van der Waals surface area contributed by atoms with Gasteiger partial charge in [-0.15, -0.1) is 0 Å². The monoisotopic (exact) mass is 345 g/mol. The molecule has 1 fully saturated rings. The Bertz CT molecular complexity index is 551. The van der Waals surface area contributed by atoms with Crippen LogP contribution >= 0.6 is 15.9 Å². The van der Waals surface area contributed by atoms with Crippen LogP contribution in [0.2, 0.25) is 0 Å². The molecule has 2 rings (SSSR count). The van der Waals surface area contributed by atoms with E-state index in [1.165, 1.54) is 25.3 Å². The van der Waals surface area contributed by atoms with Crippen LogP contribution in [-0.2, 0) is 9.53 Å². The van der Waals surface area contributed by atoms with Crippen LogP contribution in [0.15, 0.2) is 22.7 Å². The lowest BCUT2D eigenvalue weighted by Gasteiger charge is -2.21. The molecule has 1 amide bonds. The Morgan fingerprint density at radius 1 is 1.50 bits per heavy atom. The number of methoxy groups -OCH3 is 1. The van der Waals surface area contributed by atoms with Crippen LogP contribution in [0.4, 0.5) is 4.39 Å². The van der Waals surface area contributed by atoms with Gasteiger partial charge in [0.25, 0.3) is 5.91 Å². The van der Waals surface area contributed by atoms with Gasteiger partial charge in [-0.2, -0.15) is 0 Å². The summed E-state index contributed by atoms with van der Waals surface area (Å²) >= 11 is 3.01. The maximum atomic E-state index is 13.9. The minimum absolute atomic E-state index is 0.137. The first kappa shape index (κ1) is 14.9. The first-order chi connectivity index (χ1) is 9.45. The Balaban J connectivity index is 2.31. The van der Waals surface area contributed by atoms with Gasteiger partial charge in [-0.1, -0.05) is 6.07 Å². The highest BCUT2D eigenvalue weighted by Crippen LogP contribution is 2.25. The summed E-state index contributed by atoms with van der Waals surface area (Å²) in [5, 5.41) is 9.16. The smallest absolute Gasteiger partial charge is 0.326 e. The molecule has 1 saturated heterocycles. The molecule has 7 heteroatoms. The SMILES string of the molecule is COC1CC(C(=O)O)N(C(=O)c2cccc(Br)c2F)C1. The third-order valence-corrected chi connectivity index (χ3v) is 3.94. The summed E-state index contributed by atoms with van der Waals surface area (Å²) < 4.78 is 19.2. The molecular weight excluding hydrogens is 333 g/mol. The van der Waals surface area contributed by atoms with Crippen LogP contribution in [0.1, 0.15) is 16.8 Å². The number of rotatable bonds is 3. The number of carboxylic acid groups (broad SMARTS) is 1. The van der Waals surface area contributed by atoms with Gasteiger partial charge in [-0.05, 0) is 28.1 Å². The molecule has 0 saturated carbocycles. The van der Waals surface area contributed by atoms with E-state index < -0.39 is 23.7 Å². The second-order valence-corrected chi connectivity index (χ2v) is 5.36. The molecule has 1 aliphatic heterocycles. The van der Waals surface area contributed by atoms with Crippen molar-refractivity contribution in [2.75, 3.05) is 13.7 Å². The maximum absolute atomic E-state index is 13.9. The molecule has 0 spiro atoms. The lowest BCUT2D eigenvalue weighted by atomic mass is 10.1. The van der Waals surface area contributed by atoms with E-state index in [-0.39, 0.29) is 29.1 Å². The summed E-state index contributed by atoms with van der Waals surface area (Å²) in [7, 11) is 1.46. The molecule has 20 heavy (non-hydrogen) atoms. The normalized spacial score (nSPS) is 22.1. The van der Waals surface area contributed by atoms with Gasteiger partial charge < -0.3 is 14.7 Å². The Morgan fingerprint density at radius 3 is 2.80 bits per heavy atom. The Hall–Kier alpha value is -1.47. The van der Waals surface area contributed by atoms with E-state index in [1.54, 1.807) is 0 Å². The van der Waals surface area contributed by atoms with Crippen LogP contribution in [0.25, 0.3) is 0 Å². The standard InChI is InChI=1S/C13H13BrFNO4/c1-20-7-5-10(13(18)19)16(6-7)12(17)8-3-2-4-9(14)11(8)15/h2-4,7,10H,5-6H2,1H3,(H,18,19). The number of hydrogen-bond donors (Lipinski definition) is 1. The topological polar surface area (TPSA) is 66.8 Å². The highest BCUT2D eigenvalue weighted by molar-refractivity contribution is 9.10. The number of hydrogen-bond acceptors (Lipinski definition) is 3. The minimum Gasteiger partial charge on any atom is -0.480 e. The van der Waals surface area contributed by atoms with Gasteiger partial charge in [0.2, 0.25) is 0 Å². The third-order valence-electron chi connectivity index (χ3n) is 3.32. The largest absolute Gasteiger partial charge is 0.480 e. The van der Waals surface area contributed by atoms with E-state index in [9.17, 15) is 14.0 Å². The van der Waals surface area contributed by atoms with E-state index in [0.29, 0.717) is 0 Å². The fourth-order valence-electron chi connectivity index (χ4n) is 2.25. The first-order valence-corrected chi connectivity index (χ1v) is 6.75. The van der Waals surface area contributed by atoms with Crippen molar-refractivity contribution < 1.29 is 23.8 Å². The number of benzene rings is 1. The summed E-state index contributed by atoms with van der Waals surface area (Å²) in [6.07, 6.45) is -0.150. The van der Waals surface area contributed by atoms with Gasteiger partial charge in [0, 0.05) is 20.1 Å². The number of aliphatic carboxylic acids is 1. The van der Waals surface area contributed by atoms with Crippen LogP contribution in [-0.4, -0.2) is 47.7 Å². The summed E-state index contributed by atoms with van der Waals surface area (Å²) in [6, 6.07) is 3.34. The van der Waals surface area contributed by atoms with Gasteiger partial charge >= 0.3 is 5.97 Å². The van der Waals surface area contributed by atoms with Crippen molar-refractivity contribution in [2.45, 2.75) is 18.6 Å². The summed E-state index contributed by atoms with van der Waals surface area (Å²) in [5.41, 5.74) is -0.151. The summed E-state index contributed by atoms with van der Waals surface area (Å²) in [4.78, 5) is 24.7. The zero-order valence-corrected chi connectivity index (χ0v) is 12.3. The molecule has 1 N–H and O–H groups in total. The molecule has 2 unspecified atom stereocenters. The molecule has 0 bridgehead atoms. The van der Waals surface area contributed by atoms with E-state index in [1.807, 2.05) is 0 Å². The van der Waals surface area contributed by atoms with Gasteiger partial charge in [0.05, 0.1) is 16.1 Å². The van der Waals surface area contributed by atoms with Crippen molar-refractivity contribution in [1.82, 2.24) is 4.90 Å². The van der Waals surface area contributed by atoms with Crippen molar-refractivity contribution >= 4 is 27.8 Å². The molecule has 5 nitrogen and oxygen atoms in total. The number of carbonyl (C=O) groups excluding carboxylic acids is 1. The lowest BCUT2D eigenvalue weighted by molar-refractivity contribution is -0.141. The van der Waals surface area contributed by atoms with Crippen molar-refractivity contribution in [1.29, 1.82) is 0 Å². The fraction of sp³-hybridized carbons (Fsp3) is 0.385. The third kappa shape index (κ3) is 2.69. The minimum atomic E-state index is -1.12. The highest BCUT2D eigenvalue weighted by Gasteiger charge is 2.40. The number of likely N-dealkylation sites (tertiary alicyclic amines) is 1. The van der Waals surface area contributed by atoms with E-state index in [4.69, 9.17) is 9.84 Å². The predicted molar refractivity (Wildman–Crippen MR) is 72.0 cm³/mol. The number of halogens is 2. The molecule has 2 atom stereocenters. The molecule has 1 aliphatic rings. The fourth-order valence-corrected chi connectivity index (χ4v) is 2.62. The van der Waals surface area contributed by atoms with Crippen LogP contribution in [0, 0.1) is 5.82 Å². The van der Waals surface area contributed by atoms with Gasteiger partial charge in [0.15, 0.2) is 0 Å². The second kappa shape index (κ2) is 5.88. The van der Waals surface area contributed by atoms with Crippen molar-refractivity contribution in [3.8, 4) is 0 Å². The van der Waals surface area contributed by atoms with Crippen molar-refractivity contribution in [3.05, 3.63) is 34.1 Å². The van der Waals surface area contributed by atoms with Gasteiger partial charge in [-0.3, -0.25) is 4.79 Å². The average molecular weight is 346 g/mol. The van der Waals surface area contributed by atoms with Gasteiger partial charge in [0.1, 0.15) is 11.9 Å². The zero-order chi connectivity index (χ0) is 14.9. The average Bonchev–Trinajstić information content (AvgIpc) is 2.85. The first-order valence-electron chi connectivity index (χ1n) is 5.96. The molecule has 0 aromatic heterocycles. The van der Waals surface area contributed by atoms with Crippen molar-refractivity contribution in [2.24, 2.45) is 0 Å². The summed E-state index contributed by atoms with van der Waals surface area (Å²) in [6.45, 7) is 0.137. The molecule has 108 valence electrons. The van der Waals surface area contributed by atoms with Gasteiger partial charge in [-0.25, -0.2) is 9.18 Å². The Labute approximate surface area is 123 Å². The zero-order valence-electron chi connectivity index (χ0n) is 10.7. The van der Waals surface area contributed by atoms with Crippen molar-refractivity contribution in [3.63, 3.8) is 0 Å². The maximum Gasteiger partial charge on any atom is 0.326 e. The molecule has 0 radical (unpaired) electrons. The van der Waals surface area contributed by atoms with Crippen LogP contribution in [0.3, 0.4) is 0 Å². The Morgan fingerprint density at radius 2 is 2.20 bits per heavy atom. The molecule has 1 heterocycles. The number of ether oxygens (including phenoxy) is 1. The predicted octanol–water partition coefficient (Wildman–Crippen LogP) is 1.90. The molecular formula is C13H13BrFNO4. The van der Waals surface area contributed by atoms with E-state index in [0.717, 1.165) is 4.90 Å². The molecule has 1 aromatic carbocycles. The van der Waals surface area contributed by atoms with E-state index >= 15 is 0 Å². The second-order valence-electron chi connectivity index (χ2n) is 4.51. The number of nitrogens with zero attached hydrogens (tertiary/aromatic N) is 1. The number of amides is 1. The van der Waals surface area contributed by atoms with Crippen LogP contribution < -0.4 is 0 Å². The van der Waals surface area contributed by atoms with Crippen LogP contribution in [0.5, 0.6) is 0 Å². The lowest BCUT2D eigenvalue weighted by Crippen LogP contribution is -2.41. The number of carboxylic acids is 1. The number of carbonyl (C=O) groups is 2. The summed E-state index contributed by atoms with van der Waals surface area (Å²) in [5.74, 6) is -2.45. The molecule has 1 aromatic rings. The Kier molecular flexibility index (Phi) is 4.39. The quantitative estimate of drug-likeness (QED) is 0.908. The highest BCUT2D eigenvalue weighted by atomic mass is 79.9. The molecule has 0 aliphatic carbocycles.